The van der Waals surface area contributed by atoms with Crippen molar-refractivity contribution in [1.29, 1.82) is 0 Å². The quantitative estimate of drug-likeness (QED) is 0.856. The Balaban J connectivity index is 1.87. The summed E-state index contributed by atoms with van der Waals surface area (Å²) in [6.07, 6.45) is 10.8. The summed E-state index contributed by atoms with van der Waals surface area (Å²) in [6.45, 7) is 4.59. The van der Waals surface area contributed by atoms with E-state index in [4.69, 9.17) is 0 Å². The van der Waals surface area contributed by atoms with Crippen LogP contribution >= 0.6 is 0 Å². The molecule has 1 aliphatic carbocycles. The van der Waals surface area contributed by atoms with Crippen LogP contribution in [0.25, 0.3) is 0 Å². The van der Waals surface area contributed by atoms with E-state index in [0.717, 1.165) is 5.92 Å². The smallest absolute Gasteiger partial charge is 0.0295 e. The summed E-state index contributed by atoms with van der Waals surface area (Å²) in [5.41, 5.74) is 1.34. The molecular weight excluding hydrogens is 208 g/mol. The van der Waals surface area contributed by atoms with E-state index < -0.39 is 0 Å². The lowest BCUT2D eigenvalue weighted by molar-refractivity contribution is 0.268. The zero-order chi connectivity index (χ0) is 12.1. The van der Waals surface area contributed by atoms with Crippen LogP contribution in [0.15, 0.2) is 24.5 Å². The van der Waals surface area contributed by atoms with Crippen molar-refractivity contribution in [2.45, 2.75) is 58.0 Å². The standard InChI is InChI=1S/C15H24N2/c1-12(14-6-4-3-5-7-14)17-13(2)15-8-10-16-11-9-15/h8-14,17H,3-7H2,1-2H3. The minimum atomic E-state index is 0.426. The molecule has 2 nitrogen and oxygen atoms in total. The summed E-state index contributed by atoms with van der Waals surface area (Å²) in [4.78, 5) is 4.07. The van der Waals surface area contributed by atoms with E-state index in [0.29, 0.717) is 12.1 Å². The van der Waals surface area contributed by atoms with Crippen molar-refractivity contribution in [3.05, 3.63) is 30.1 Å². The Morgan fingerprint density at radius 1 is 1.12 bits per heavy atom. The normalized spacial score (nSPS) is 21.1. The molecule has 1 heterocycles. The molecule has 0 bridgehead atoms. The molecule has 2 atom stereocenters. The highest BCUT2D eigenvalue weighted by atomic mass is 14.9. The maximum Gasteiger partial charge on any atom is 0.0295 e. The maximum atomic E-state index is 4.07. The van der Waals surface area contributed by atoms with Gasteiger partial charge in [0.1, 0.15) is 0 Å². The first-order valence-electron chi connectivity index (χ1n) is 6.93. The average Bonchev–Trinajstić information content (AvgIpc) is 2.40. The lowest BCUT2D eigenvalue weighted by atomic mass is 9.84. The van der Waals surface area contributed by atoms with E-state index in [1.54, 1.807) is 0 Å². The minimum Gasteiger partial charge on any atom is -0.307 e. The summed E-state index contributed by atoms with van der Waals surface area (Å²) in [7, 11) is 0. The Morgan fingerprint density at radius 3 is 2.41 bits per heavy atom. The van der Waals surface area contributed by atoms with Crippen molar-refractivity contribution in [3.8, 4) is 0 Å². The van der Waals surface area contributed by atoms with Crippen LogP contribution in [0.5, 0.6) is 0 Å². The van der Waals surface area contributed by atoms with Crippen molar-refractivity contribution in [2.24, 2.45) is 5.92 Å². The molecule has 2 heteroatoms. The van der Waals surface area contributed by atoms with Gasteiger partial charge in [0.25, 0.3) is 0 Å². The molecule has 0 aliphatic heterocycles. The van der Waals surface area contributed by atoms with E-state index >= 15 is 0 Å². The molecule has 0 saturated heterocycles. The number of rotatable bonds is 4. The zero-order valence-corrected chi connectivity index (χ0v) is 11.0. The lowest BCUT2D eigenvalue weighted by Crippen LogP contribution is -2.36. The first kappa shape index (κ1) is 12.6. The predicted octanol–water partition coefficient (Wildman–Crippen LogP) is 3.70. The van der Waals surface area contributed by atoms with Gasteiger partial charge in [-0.05, 0) is 50.3 Å². The van der Waals surface area contributed by atoms with Gasteiger partial charge < -0.3 is 5.32 Å². The molecule has 1 N–H and O–H groups in total. The van der Waals surface area contributed by atoms with Gasteiger partial charge in [-0.1, -0.05) is 19.3 Å². The molecule has 0 amide bonds. The molecule has 2 unspecified atom stereocenters. The predicted molar refractivity (Wildman–Crippen MR) is 71.8 cm³/mol. The van der Waals surface area contributed by atoms with Crippen molar-refractivity contribution in [3.63, 3.8) is 0 Å². The molecule has 0 aromatic carbocycles. The van der Waals surface area contributed by atoms with Crippen molar-refractivity contribution < 1.29 is 0 Å². The summed E-state index contributed by atoms with van der Waals surface area (Å²) in [6, 6.07) is 5.25. The van der Waals surface area contributed by atoms with Crippen LogP contribution in [0, 0.1) is 5.92 Å². The van der Waals surface area contributed by atoms with Crippen molar-refractivity contribution in [2.75, 3.05) is 0 Å². The van der Waals surface area contributed by atoms with Gasteiger partial charge in [-0.25, -0.2) is 0 Å². The van der Waals surface area contributed by atoms with Crippen LogP contribution in [-0.4, -0.2) is 11.0 Å². The largest absolute Gasteiger partial charge is 0.307 e. The third kappa shape index (κ3) is 3.53. The molecule has 1 aliphatic rings. The second-order valence-electron chi connectivity index (χ2n) is 5.36. The van der Waals surface area contributed by atoms with Crippen LogP contribution < -0.4 is 5.32 Å². The molecule has 1 aromatic rings. The second-order valence-corrected chi connectivity index (χ2v) is 5.36. The number of nitrogens with zero attached hydrogens (tertiary/aromatic N) is 1. The number of aromatic nitrogens is 1. The number of nitrogens with one attached hydrogen (secondary N) is 1. The van der Waals surface area contributed by atoms with Gasteiger partial charge in [-0.2, -0.15) is 0 Å². The molecule has 1 fully saturated rings. The zero-order valence-electron chi connectivity index (χ0n) is 11.0. The number of hydrogen-bond acceptors (Lipinski definition) is 2. The van der Waals surface area contributed by atoms with Gasteiger partial charge in [-0.3, -0.25) is 4.98 Å². The monoisotopic (exact) mass is 232 g/mol. The maximum absolute atomic E-state index is 4.07. The van der Waals surface area contributed by atoms with Crippen LogP contribution in [0.4, 0.5) is 0 Å². The fraction of sp³-hybridized carbons (Fsp3) is 0.667. The molecular formula is C15H24N2. The first-order chi connectivity index (χ1) is 8.27. The Morgan fingerprint density at radius 2 is 1.76 bits per heavy atom. The summed E-state index contributed by atoms with van der Waals surface area (Å²) in [5, 5.41) is 3.74. The SMILES string of the molecule is CC(NC(C)C1CCCCC1)c1ccncc1. The van der Waals surface area contributed by atoms with Gasteiger partial charge in [-0.15, -0.1) is 0 Å². The van der Waals surface area contributed by atoms with E-state index in [-0.39, 0.29) is 0 Å². The molecule has 17 heavy (non-hydrogen) atoms. The topological polar surface area (TPSA) is 24.9 Å². The van der Waals surface area contributed by atoms with E-state index in [1.165, 1.54) is 37.7 Å². The van der Waals surface area contributed by atoms with Crippen LogP contribution in [0.1, 0.15) is 57.6 Å². The number of hydrogen-bond donors (Lipinski definition) is 1. The Hall–Kier alpha value is -0.890. The highest BCUT2D eigenvalue weighted by Crippen LogP contribution is 2.27. The average molecular weight is 232 g/mol. The summed E-state index contributed by atoms with van der Waals surface area (Å²) < 4.78 is 0. The fourth-order valence-corrected chi connectivity index (χ4v) is 2.91. The minimum absolute atomic E-state index is 0.426. The van der Waals surface area contributed by atoms with E-state index in [2.05, 4.69) is 36.3 Å². The van der Waals surface area contributed by atoms with Gasteiger partial charge in [0.2, 0.25) is 0 Å². The van der Waals surface area contributed by atoms with Crippen molar-refractivity contribution >= 4 is 0 Å². The van der Waals surface area contributed by atoms with Gasteiger partial charge in [0.15, 0.2) is 0 Å². The lowest BCUT2D eigenvalue weighted by Gasteiger charge is -2.30. The third-order valence-electron chi connectivity index (χ3n) is 4.08. The molecule has 1 saturated carbocycles. The van der Waals surface area contributed by atoms with Crippen LogP contribution in [0.2, 0.25) is 0 Å². The van der Waals surface area contributed by atoms with E-state index in [9.17, 15) is 0 Å². The van der Waals surface area contributed by atoms with Gasteiger partial charge in [0, 0.05) is 24.5 Å². The van der Waals surface area contributed by atoms with Gasteiger partial charge >= 0.3 is 0 Å². The van der Waals surface area contributed by atoms with Crippen LogP contribution in [-0.2, 0) is 0 Å². The molecule has 2 rings (SSSR count). The van der Waals surface area contributed by atoms with Crippen LogP contribution in [0.3, 0.4) is 0 Å². The summed E-state index contributed by atoms with van der Waals surface area (Å²) >= 11 is 0. The Labute approximate surface area is 105 Å². The Bertz CT molecular complexity index is 317. The highest BCUT2D eigenvalue weighted by Gasteiger charge is 2.21. The number of pyridine rings is 1. The third-order valence-corrected chi connectivity index (χ3v) is 4.08. The van der Waals surface area contributed by atoms with E-state index in [1.807, 2.05) is 12.4 Å². The molecule has 1 aromatic heterocycles. The highest BCUT2D eigenvalue weighted by molar-refractivity contribution is 5.14. The molecule has 94 valence electrons. The van der Waals surface area contributed by atoms with Crippen molar-refractivity contribution in [1.82, 2.24) is 10.3 Å². The molecule has 0 radical (unpaired) electrons. The Kier molecular flexibility index (Phi) is 4.55. The summed E-state index contributed by atoms with van der Waals surface area (Å²) in [5.74, 6) is 0.869. The fourth-order valence-electron chi connectivity index (χ4n) is 2.91. The first-order valence-corrected chi connectivity index (χ1v) is 6.93. The second kappa shape index (κ2) is 6.15. The van der Waals surface area contributed by atoms with Gasteiger partial charge in [0.05, 0.1) is 0 Å². The molecule has 0 spiro atoms.